The molecule has 1 aliphatic rings. The van der Waals surface area contributed by atoms with Gasteiger partial charge in [0.15, 0.2) is 17.4 Å². The average molecular weight is 284 g/mol. The summed E-state index contributed by atoms with van der Waals surface area (Å²) >= 11 is 0. The second-order valence-corrected chi connectivity index (χ2v) is 6.03. The summed E-state index contributed by atoms with van der Waals surface area (Å²) in [7, 11) is -0.848. The molecule has 0 bridgehead atoms. The molecule has 0 unspecified atom stereocenters. The van der Waals surface area contributed by atoms with Gasteiger partial charge in [0.1, 0.15) is 0 Å². The lowest BCUT2D eigenvalue weighted by Gasteiger charge is -2.32. The van der Waals surface area contributed by atoms with Crippen molar-refractivity contribution >= 4 is 12.6 Å². The normalized spacial score (nSPS) is 20.4. The van der Waals surface area contributed by atoms with Gasteiger partial charge in [-0.25, -0.2) is 8.78 Å². The summed E-state index contributed by atoms with van der Waals surface area (Å²) in [6, 6.07) is 1.08. The molecule has 0 aliphatic carbocycles. The van der Waals surface area contributed by atoms with Crippen LogP contribution in [0.3, 0.4) is 0 Å². The van der Waals surface area contributed by atoms with Crippen molar-refractivity contribution in [1.29, 1.82) is 0 Å². The molecule has 0 spiro atoms. The van der Waals surface area contributed by atoms with Gasteiger partial charge in [0.05, 0.1) is 11.2 Å². The number of benzene rings is 1. The van der Waals surface area contributed by atoms with Crippen molar-refractivity contribution in [2.24, 2.45) is 0 Å². The highest BCUT2D eigenvalue weighted by atomic mass is 19.1. The molecular weight excluding hydrogens is 265 g/mol. The number of halogens is 2. The Balaban J connectivity index is 2.50. The Hall–Kier alpha value is -1.14. The lowest BCUT2D eigenvalue weighted by atomic mass is 9.75. The Bertz CT molecular complexity index is 528. The maximum absolute atomic E-state index is 14.0. The minimum Gasteiger partial charge on any atom is -0.503 e. The van der Waals surface area contributed by atoms with E-state index < -0.39 is 35.7 Å². The largest absolute Gasteiger partial charge is 0.503 e. The van der Waals surface area contributed by atoms with Crippen LogP contribution in [0.25, 0.3) is 0 Å². The predicted molar refractivity (Wildman–Crippen MR) is 73.1 cm³/mol. The molecule has 1 aliphatic heterocycles. The zero-order chi connectivity index (χ0) is 15.3. The van der Waals surface area contributed by atoms with E-state index >= 15 is 0 Å². The third-order valence-corrected chi connectivity index (χ3v) is 4.19. The molecule has 0 aromatic heterocycles. The Morgan fingerprint density at radius 1 is 1.15 bits per heavy atom. The minimum absolute atomic E-state index is 0.211. The van der Waals surface area contributed by atoms with Gasteiger partial charge in [-0.15, -0.1) is 0 Å². The van der Waals surface area contributed by atoms with E-state index in [9.17, 15) is 13.9 Å². The van der Waals surface area contributed by atoms with Crippen LogP contribution in [-0.4, -0.2) is 23.4 Å². The standard InChI is InChI=1S/C14H19BF2O3/c1-6-8-9(7-10(16)12(18)11(8)17)15-19-13(2,3)14(4,5)20-15/h7,18H,6H2,1-5H3. The highest BCUT2D eigenvalue weighted by Crippen LogP contribution is 2.37. The van der Waals surface area contributed by atoms with E-state index in [1.807, 2.05) is 27.7 Å². The molecule has 1 aromatic rings. The van der Waals surface area contributed by atoms with E-state index in [2.05, 4.69) is 0 Å². The van der Waals surface area contributed by atoms with Crippen LogP contribution in [0.5, 0.6) is 5.75 Å². The van der Waals surface area contributed by atoms with E-state index in [1.54, 1.807) is 6.92 Å². The van der Waals surface area contributed by atoms with Gasteiger partial charge in [0.2, 0.25) is 0 Å². The van der Waals surface area contributed by atoms with Gasteiger partial charge < -0.3 is 14.4 Å². The first-order valence-electron chi connectivity index (χ1n) is 6.66. The molecular formula is C14H19BF2O3. The Labute approximate surface area is 118 Å². The smallest absolute Gasteiger partial charge is 0.495 e. The highest BCUT2D eigenvalue weighted by molar-refractivity contribution is 6.62. The predicted octanol–water partition coefficient (Wildman–Crippen LogP) is 2.53. The van der Waals surface area contributed by atoms with E-state index in [1.165, 1.54) is 0 Å². The summed E-state index contributed by atoms with van der Waals surface area (Å²) in [6.07, 6.45) is 0.305. The zero-order valence-electron chi connectivity index (χ0n) is 12.4. The Morgan fingerprint density at radius 2 is 1.65 bits per heavy atom. The molecule has 2 rings (SSSR count). The molecule has 0 atom stereocenters. The fraction of sp³-hybridized carbons (Fsp3) is 0.571. The van der Waals surface area contributed by atoms with Crippen molar-refractivity contribution in [2.75, 3.05) is 0 Å². The van der Waals surface area contributed by atoms with Crippen molar-refractivity contribution in [1.82, 2.24) is 0 Å². The van der Waals surface area contributed by atoms with Crippen LogP contribution in [0.4, 0.5) is 8.78 Å². The second-order valence-electron chi connectivity index (χ2n) is 6.03. The van der Waals surface area contributed by atoms with Crippen LogP contribution in [0, 0.1) is 11.6 Å². The number of rotatable bonds is 2. The Kier molecular flexibility index (Phi) is 3.59. The molecule has 0 saturated carbocycles. The number of phenols is 1. The number of hydrogen-bond donors (Lipinski definition) is 1. The summed E-state index contributed by atoms with van der Waals surface area (Å²) in [6.45, 7) is 9.19. The Morgan fingerprint density at radius 3 is 2.10 bits per heavy atom. The van der Waals surface area contributed by atoms with Crippen LogP contribution in [-0.2, 0) is 15.7 Å². The highest BCUT2D eigenvalue weighted by Gasteiger charge is 2.52. The van der Waals surface area contributed by atoms with Crippen LogP contribution >= 0.6 is 0 Å². The molecule has 110 valence electrons. The molecule has 6 heteroatoms. The summed E-state index contributed by atoms with van der Waals surface area (Å²) < 4.78 is 39.2. The number of phenolic OH excluding ortho intramolecular Hbond substituents is 1. The molecule has 20 heavy (non-hydrogen) atoms. The first-order chi connectivity index (χ1) is 9.10. The van der Waals surface area contributed by atoms with Crippen LogP contribution in [0.15, 0.2) is 6.07 Å². The first kappa shape index (κ1) is 15.3. The quantitative estimate of drug-likeness (QED) is 0.848. The van der Waals surface area contributed by atoms with Crippen LogP contribution in [0.1, 0.15) is 40.2 Å². The summed E-state index contributed by atoms with van der Waals surface area (Å²) in [4.78, 5) is 0. The van der Waals surface area contributed by atoms with Gasteiger partial charge in [-0.1, -0.05) is 6.92 Å². The van der Waals surface area contributed by atoms with Crippen molar-refractivity contribution in [2.45, 2.75) is 52.2 Å². The maximum Gasteiger partial charge on any atom is 0.495 e. The third kappa shape index (κ3) is 2.21. The topological polar surface area (TPSA) is 38.7 Å². The fourth-order valence-corrected chi connectivity index (χ4v) is 2.21. The van der Waals surface area contributed by atoms with E-state index in [4.69, 9.17) is 9.31 Å². The molecule has 1 N–H and O–H groups in total. The van der Waals surface area contributed by atoms with Gasteiger partial charge in [0.25, 0.3) is 0 Å². The van der Waals surface area contributed by atoms with Crippen LogP contribution in [0.2, 0.25) is 0 Å². The summed E-state index contributed by atoms with van der Waals surface area (Å²) in [5, 5.41) is 9.36. The van der Waals surface area contributed by atoms with E-state index in [0.29, 0.717) is 11.9 Å². The monoisotopic (exact) mass is 284 g/mol. The number of hydrogen-bond acceptors (Lipinski definition) is 3. The molecule has 1 aromatic carbocycles. The molecule has 1 saturated heterocycles. The molecule has 0 radical (unpaired) electrons. The zero-order valence-corrected chi connectivity index (χ0v) is 12.4. The van der Waals surface area contributed by atoms with Crippen molar-refractivity contribution in [3.05, 3.63) is 23.3 Å². The SMILES string of the molecule is CCc1c(B2OC(C)(C)C(C)(C)O2)cc(F)c(O)c1F. The lowest BCUT2D eigenvalue weighted by molar-refractivity contribution is 0.00578. The molecule has 1 heterocycles. The van der Waals surface area contributed by atoms with Gasteiger partial charge >= 0.3 is 7.12 Å². The lowest BCUT2D eigenvalue weighted by Crippen LogP contribution is -2.41. The van der Waals surface area contributed by atoms with Crippen molar-refractivity contribution in [3.63, 3.8) is 0 Å². The van der Waals surface area contributed by atoms with Gasteiger partial charge in [-0.2, -0.15) is 0 Å². The van der Waals surface area contributed by atoms with Gasteiger partial charge in [0, 0.05) is 0 Å². The van der Waals surface area contributed by atoms with Gasteiger partial charge in [-0.3, -0.25) is 0 Å². The van der Waals surface area contributed by atoms with Gasteiger partial charge in [-0.05, 0) is 51.2 Å². The summed E-state index contributed by atoms with van der Waals surface area (Å²) in [5.41, 5.74) is -0.678. The van der Waals surface area contributed by atoms with Crippen molar-refractivity contribution in [3.8, 4) is 5.75 Å². The second kappa shape index (κ2) is 4.70. The van der Waals surface area contributed by atoms with E-state index in [-0.39, 0.29) is 5.56 Å². The molecule has 1 fully saturated rings. The van der Waals surface area contributed by atoms with Crippen molar-refractivity contribution < 1.29 is 23.2 Å². The number of aromatic hydroxyl groups is 1. The minimum atomic E-state index is -1.01. The third-order valence-electron chi connectivity index (χ3n) is 4.19. The molecule has 3 nitrogen and oxygen atoms in total. The van der Waals surface area contributed by atoms with E-state index in [0.717, 1.165) is 6.07 Å². The summed E-state index contributed by atoms with van der Waals surface area (Å²) in [5.74, 6) is -2.91. The first-order valence-corrected chi connectivity index (χ1v) is 6.66. The molecule has 0 amide bonds. The fourth-order valence-electron chi connectivity index (χ4n) is 2.21. The maximum atomic E-state index is 14.0. The average Bonchev–Trinajstić information content (AvgIpc) is 2.55. The van der Waals surface area contributed by atoms with Crippen LogP contribution < -0.4 is 5.46 Å².